The first-order chi connectivity index (χ1) is 12.1. The summed E-state index contributed by atoms with van der Waals surface area (Å²) in [7, 11) is 0. The lowest BCUT2D eigenvalue weighted by molar-refractivity contribution is -0.148. The first-order valence-electron chi connectivity index (χ1n) is 8.83. The molecule has 1 amide bonds. The summed E-state index contributed by atoms with van der Waals surface area (Å²) in [6.07, 6.45) is 2.77. The van der Waals surface area contributed by atoms with Crippen LogP contribution in [0.2, 0.25) is 0 Å². The van der Waals surface area contributed by atoms with Crippen molar-refractivity contribution < 1.29 is 14.7 Å². The molecule has 4 heteroatoms. The lowest BCUT2D eigenvalue weighted by atomic mass is 9.78. The van der Waals surface area contributed by atoms with Crippen molar-refractivity contribution in [3.63, 3.8) is 0 Å². The average molecular weight is 335 g/mol. The van der Waals surface area contributed by atoms with Crippen molar-refractivity contribution in [2.24, 2.45) is 23.7 Å². The molecule has 4 nitrogen and oxygen atoms in total. The number of fused-ring (bicyclic) bond motifs is 2. The van der Waals surface area contributed by atoms with E-state index in [9.17, 15) is 14.7 Å². The van der Waals surface area contributed by atoms with Crippen molar-refractivity contribution >= 4 is 17.6 Å². The maximum Gasteiger partial charge on any atom is 0.307 e. The van der Waals surface area contributed by atoms with Crippen LogP contribution >= 0.6 is 0 Å². The van der Waals surface area contributed by atoms with E-state index in [1.807, 2.05) is 54.6 Å². The molecule has 2 saturated carbocycles. The highest BCUT2D eigenvalue weighted by Crippen LogP contribution is 2.52. The minimum absolute atomic E-state index is 0.150. The second-order valence-corrected chi connectivity index (χ2v) is 7.12. The minimum atomic E-state index is -0.830. The number of amides is 1. The monoisotopic (exact) mass is 335 g/mol. The molecule has 25 heavy (non-hydrogen) atoms. The number of hydrogen-bond donors (Lipinski definition) is 2. The van der Waals surface area contributed by atoms with Gasteiger partial charge in [0.1, 0.15) is 0 Å². The minimum Gasteiger partial charge on any atom is -0.481 e. The second-order valence-electron chi connectivity index (χ2n) is 7.12. The zero-order valence-corrected chi connectivity index (χ0v) is 13.9. The van der Waals surface area contributed by atoms with Crippen LogP contribution in [0.1, 0.15) is 19.3 Å². The molecule has 128 valence electrons. The number of nitrogens with one attached hydrogen (secondary N) is 1. The lowest BCUT2D eigenvalue weighted by Crippen LogP contribution is -2.37. The van der Waals surface area contributed by atoms with Gasteiger partial charge in [0.25, 0.3) is 0 Å². The molecule has 4 rings (SSSR count). The molecule has 2 aromatic carbocycles. The van der Waals surface area contributed by atoms with E-state index in [-0.39, 0.29) is 17.7 Å². The Hall–Kier alpha value is -2.62. The lowest BCUT2D eigenvalue weighted by Gasteiger charge is -2.27. The van der Waals surface area contributed by atoms with E-state index in [0.29, 0.717) is 0 Å². The van der Waals surface area contributed by atoms with Gasteiger partial charge in [-0.2, -0.15) is 0 Å². The molecule has 2 bridgehead atoms. The van der Waals surface area contributed by atoms with Crippen molar-refractivity contribution in [3.05, 3.63) is 54.6 Å². The number of carboxylic acid groups (broad SMARTS) is 1. The third kappa shape index (κ3) is 2.82. The molecule has 2 aliphatic carbocycles. The van der Waals surface area contributed by atoms with Crippen LogP contribution in [0.3, 0.4) is 0 Å². The van der Waals surface area contributed by atoms with Gasteiger partial charge >= 0.3 is 5.97 Å². The standard InChI is InChI=1S/C21H21NO3/c23-20(18-14-10-11-15(12-14)19(18)21(24)25)22-17-9-5-4-8-16(17)13-6-2-1-3-7-13/h1-9,14-15,18-19H,10-12H2,(H,22,23)(H,24,25). The quantitative estimate of drug-likeness (QED) is 0.886. The summed E-state index contributed by atoms with van der Waals surface area (Å²) in [5.74, 6) is -1.58. The van der Waals surface area contributed by atoms with Gasteiger partial charge in [-0.1, -0.05) is 48.5 Å². The number of carbonyl (C=O) groups is 2. The smallest absolute Gasteiger partial charge is 0.307 e. The first-order valence-corrected chi connectivity index (χ1v) is 8.83. The summed E-state index contributed by atoms with van der Waals surface area (Å²) in [5, 5.41) is 12.6. The molecular formula is C21H21NO3. The molecule has 2 N–H and O–H groups in total. The average Bonchev–Trinajstić information content (AvgIpc) is 3.24. The van der Waals surface area contributed by atoms with Crippen LogP contribution in [-0.4, -0.2) is 17.0 Å². The summed E-state index contributed by atoms with van der Waals surface area (Å²) in [4.78, 5) is 24.6. The molecule has 0 heterocycles. The van der Waals surface area contributed by atoms with Gasteiger partial charge in [0.05, 0.1) is 11.8 Å². The van der Waals surface area contributed by atoms with E-state index in [2.05, 4.69) is 5.32 Å². The molecule has 2 fully saturated rings. The Balaban J connectivity index is 1.61. The number of rotatable bonds is 4. The van der Waals surface area contributed by atoms with Gasteiger partial charge in [-0.15, -0.1) is 0 Å². The Morgan fingerprint density at radius 2 is 1.52 bits per heavy atom. The molecule has 2 aromatic rings. The number of anilines is 1. The fraction of sp³-hybridized carbons (Fsp3) is 0.333. The Morgan fingerprint density at radius 1 is 0.880 bits per heavy atom. The SMILES string of the molecule is O=C(O)C1C2CCC(C2)C1C(=O)Nc1ccccc1-c1ccccc1. The molecule has 0 aromatic heterocycles. The molecule has 0 aliphatic heterocycles. The molecule has 4 atom stereocenters. The van der Waals surface area contributed by atoms with E-state index >= 15 is 0 Å². The van der Waals surface area contributed by atoms with Crippen LogP contribution in [0, 0.1) is 23.7 Å². The third-order valence-corrected chi connectivity index (χ3v) is 5.77. The number of hydrogen-bond acceptors (Lipinski definition) is 2. The largest absolute Gasteiger partial charge is 0.481 e. The van der Waals surface area contributed by atoms with Crippen LogP contribution < -0.4 is 5.32 Å². The van der Waals surface area contributed by atoms with E-state index in [0.717, 1.165) is 36.1 Å². The fourth-order valence-corrected chi connectivity index (χ4v) is 4.70. The van der Waals surface area contributed by atoms with Gasteiger partial charge in [0, 0.05) is 11.3 Å². The normalized spacial score (nSPS) is 27.2. The topological polar surface area (TPSA) is 66.4 Å². The fourth-order valence-electron chi connectivity index (χ4n) is 4.70. The van der Waals surface area contributed by atoms with Crippen LogP contribution in [0.25, 0.3) is 11.1 Å². The summed E-state index contributed by atoms with van der Waals surface area (Å²) < 4.78 is 0. The number of benzene rings is 2. The van der Waals surface area contributed by atoms with Gasteiger partial charge < -0.3 is 10.4 Å². The Labute approximate surface area is 146 Å². The van der Waals surface area contributed by atoms with Crippen LogP contribution in [0.15, 0.2) is 54.6 Å². The highest BCUT2D eigenvalue weighted by molar-refractivity contribution is 5.99. The predicted octanol–water partition coefficient (Wildman–Crippen LogP) is 4.04. The number of carboxylic acids is 1. The zero-order chi connectivity index (χ0) is 17.4. The van der Waals surface area contributed by atoms with Gasteiger partial charge in [0.15, 0.2) is 0 Å². The summed E-state index contributed by atoms with van der Waals surface area (Å²) in [6, 6.07) is 17.6. The van der Waals surface area contributed by atoms with E-state index in [1.54, 1.807) is 0 Å². The van der Waals surface area contributed by atoms with Crippen molar-refractivity contribution in [3.8, 4) is 11.1 Å². The molecule has 2 aliphatic rings. The Morgan fingerprint density at radius 3 is 2.24 bits per heavy atom. The van der Waals surface area contributed by atoms with Gasteiger partial charge in [0.2, 0.25) is 5.91 Å². The zero-order valence-electron chi connectivity index (χ0n) is 13.9. The maximum absolute atomic E-state index is 12.9. The van der Waals surface area contributed by atoms with E-state index in [1.165, 1.54) is 0 Å². The maximum atomic E-state index is 12.9. The summed E-state index contributed by atoms with van der Waals surface area (Å²) in [6.45, 7) is 0. The highest BCUT2D eigenvalue weighted by atomic mass is 16.4. The highest BCUT2D eigenvalue weighted by Gasteiger charge is 2.54. The van der Waals surface area contributed by atoms with Crippen LogP contribution in [0.5, 0.6) is 0 Å². The van der Waals surface area contributed by atoms with Crippen molar-refractivity contribution in [2.45, 2.75) is 19.3 Å². The molecule has 0 spiro atoms. The number of aliphatic carboxylic acids is 1. The predicted molar refractivity (Wildman–Crippen MR) is 96.0 cm³/mol. The Kier molecular flexibility index (Phi) is 4.04. The van der Waals surface area contributed by atoms with Gasteiger partial charge in [-0.3, -0.25) is 9.59 Å². The van der Waals surface area contributed by atoms with E-state index in [4.69, 9.17) is 0 Å². The van der Waals surface area contributed by atoms with Gasteiger partial charge in [-0.05, 0) is 42.7 Å². The summed E-state index contributed by atoms with van der Waals surface area (Å²) >= 11 is 0. The third-order valence-electron chi connectivity index (χ3n) is 5.77. The molecular weight excluding hydrogens is 314 g/mol. The van der Waals surface area contributed by atoms with Crippen LogP contribution in [0.4, 0.5) is 5.69 Å². The van der Waals surface area contributed by atoms with Crippen molar-refractivity contribution in [2.75, 3.05) is 5.32 Å². The number of para-hydroxylation sites is 1. The van der Waals surface area contributed by atoms with E-state index < -0.39 is 17.8 Å². The summed E-state index contributed by atoms with van der Waals surface area (Å²) in [5.41, 5.74) is 2.72. The van der Waals surface area contributed by atoms with Crippen molar-refractivity contribution in [1.82, 2.24) is 0 Å². The van der Waals surface area contributed by atoms with Crippen molar-refractivity contribution in [1.29, 1.82) is 0 Å². The number of carbonyl (C=O) groups excluding carboxylic acids is 1. The molecule has 0 saturated heterocycles. The van der Waals surface area contributed by atoms with Gasteiger partial charge in [-0.25, -0.2) is 0 Å². The second kappa shape index (κ2) is 6.36. The molecule has 0 radical (unpaired) electrons. The first kappa shape index (κ1) is 15.9. The molecule has 4 unspecified atom stereocenters. The Bertz CT molecular complexity index is 802. The van der Waals surface area contributed by atoms with Crippen LogP contribution in [-0.2, 0) is 9.59 Å².